The summed E-state index contributed by atoms with van der Waals surface area (Å²) in [4.78, 5) is 4.39. The molecule has 27 heavy (non-hydrogen) atoms. The minimum atomic E-state index is 0.169. The van der Waals surface area contributed by atoms with E-state index in [0.29, 0.717) is 17.4 Å². The van der Waals surface area contributed by atoms with Crippen LogP contribution in [0.2, 0.25) is 5.02 Å². The molecule has 2 aromatic heterocycles. The SMILES string of the molecule is NC(=S)Nc1nn(Cc2ccccc2)c2ccc(-c3ncccc3Cl)cc12. The molecule has 0 bridgehead atoms. The van der Waals surface area contributed by atoms with Crippen molar-refractivity contribution < 1.29 is 0 Å². The van der Waals surface area contributed by atoms with E-state index in [1.165, 1.54) is 0 Å². The number of thiocarbonyl (C=S) groups is 1. The van der Waals surface area contributed by atoms with Crippen LogP contribution in [0, 0.1) is 0 Å². The van der Waals surface area contributed by atoms with Crippen LogP contribution in [0.25, 0.3) is 22.2 Å². The second kappa shape index (κ2) is 7.34. The molecule has 0 aliphatic carbocycles. The van der Waals surface area contributed by atoms with Crippen LogP contribution in [-0.4, -0.2) is 19.9 Å². The summed E-state index contributed by atoms with van der Waals surface area (Å²) < 4.78 is 1.93. The predicted octanol–water partition coefficient (Wildman–Crippen LogP) is 4.46. The molecular weight excluding hydrogens is 378 g/mol. The highest BCUT2D eigenvalue weighted by atomic mass is 35.5. The highest BCUT2D eigenvalue weighted by molar-refractivity contribution is 7.80. The van der Waals surface area contributed by atoms with E-state index in [-0.39, 0.29) is 5.11 Å². The third-order valence-electron chi connectivity index (χ3n) is 4.20. The number of anilines is 1. The van der Waals surface area contributed by atoms with Crippen molar-refractivity contribution in [2.75, 3.05) is 5.32 Å². The Morgan fingerprint density at radius 3 is 2.67 bits per heavy atom. The van der Waals surface area contributed by atoms with Gasteiger partial charge in [-0.05, 0) is 42.0 Å². The van der Waals surface area contributed by atoms with Crippen molar-refractivity contribution in [3.63, 3.8) is 0 Å². The number of nitrogens with two attached hydrogens (primary N) is 1. The third-order valence-corrected chi connectivity index (χ3v) is 4.61. The summed E-state index contributed by atoms with van der Waals surface area (Å²) in [5.74, 6) is 0.613. The second-order valence-electron chi connectivity index (χ2n) is 6.05. The lowest BCUT2D eigenvalue weighted by atomic mass is 10.1. The van der Waals surface area contributed by atoms with Gasteiger partial charge in [-0.1, -0.05) is 48.0 Å². The minimum absolute atomic E-state index is 0.169. The van der Waals surface area contributed by atoms with Crippen LogP contribution in [0.1, 0.15) is 5.56 Å². The molecule has 0 spiro atoms. The van der Waals surface area contributed by atoms with Crippen LogP contribution in [0.3, 0.4) is 0 Å². The molecule has 0 radical (unpaired) electrons. The number of hydrogen-bond acceptors (Lipinski definition) is 3. The molecule has 0 aliphatic rings. The molecule has 4 rings (SSSR count). The van der Waals surface area contributed by atoms with Crippen LogP contribution in [0.4, 0.5) is 5.82 Å². The first-order valence-corrected chi connectivity index (χ1v) is 9.12. The number of pyridine rings is 1. The van der Waals surface area contributed by atoms with E-state index in [1.54, 1.807) is 6.20 Å². The normalized spacial score (nSPS) is 10.9. The Morgan fingerprint density at radius 1 is 1.11 bits per heavy atom. The first kappa shape index (κ1) is 17.5. The largest absolute Gasteiger partial charge is 0.376 e. The number of hydrogen-bond donors (Lipinski definition) is 2. The van der Waals surface area contributed by atoms with Gasteiger partial charge in [-0.3, -0.25) is 9.67 Å². The average Bonchev–Trinajstić information content (AvgIpc) is 2.99. The van der Waals surface area contributed by atoms with Crippen LogP contribution < -0.4 is 11.1 Å². The molecule has 0 amide bonds. The summed E-state index contributed by atoms with van der Waals surface area (Å²) in [6.07, 6.45) is 1.72. The summed E-state index contributed by atoms with van der Waals surface area (Å²) in [5, 5.41) is 9.30. The van der Waals surface area contributed by atoms with Gasteiger partial charge in [0.1, 0.15) is 0 Å². The van der Waals surface area contributed by atoms with E-state index in [0.717, 1.165) is 27.7 Å². The van der Waals surface area contributed by atoms with E-state index in [9.17, 15) is 0 Å². The van der Waals surface area contributed by atoms with E-state index >= 15 is 0 Å². The van der Waals surface area contributed by atoms with Gasteiger partial charge in [-0.15, -0.1) is 0 Å². The van der Waals surface area contributed by atoms with Gasteiger partial charge in [0, 0.05) is 17.1 Å². The minimum Gasteiger partial charge on any atom is -0.376 e. The van der Waals surface area contributed by atoms with Gasteiger partial charge >= 0.3 is 0 Å². The summed E-state index contributed by atoms with van der Waals surface area (Å²) in [7, 11) is 0. The van der Waals surface area contributed by atoms with E-state index < -0.39 is 0 Å². The standard InChI is InChI=1S/C20H16ClN5S/c21-16-7-4-10-23-18(16)14-8-9-17-15(11-14)19(24-20(22)27)25-26(17)12-13-5-2-1-3-6-13/h1-11H,12H2,(H3,22,24,25,27). The highest BCUT2D eigenvalue weighted by Gasteiger charge is 2.14. The molecule has 0 atom stereocenters. The highest BCUT2D eigenvalue weighted by Crippen LogP contribution is 2.31. The molecule has 134 valence electrons. The zero-order chi connectivity index (χ0) is 18.8. The van der Waals surface area contributed by atoms with E-state index in [2.05, 4.69) is 27.5 Å². The van der Waals surface area contributed by atoms with Gasteiger partial charge in [-0.2, -0.15) is 5.10 Å². The van der Waals surface area contributed by atoms with E-state index in [1.807, 2.05) is 53.2 Å². The van der Waals surface area contributed by atoms with Crippen LogP contribution in [0.5, 0.6) is 0 Å². The van der Waals surface area contributed by atoms with Crippen molar-refractivity contribution in [3.8, 4) is 11.3 Å². The van der Waals surface area contributed by atoms with Gasteiger partial charge in [0.05, 0.1) is 22.8 Å². The maximum Gasteiger partial charge on any atom is 0.169 e. The molecule has 2 aromatic carbocycles. The molecule has 5 nitrogen and oxygen atoms in total. The fourth-order valence-corrected chi connectivity index (χ4v) is 3.34. The van der Waals surface area contributed by atoms with Crippen molar-refractivity contribution in [2.24, 2.45) is 5.73 Å². The molecule has 2 heterocycles. The number of benzene rings is 2. The summed E-state index contributed by atoms with van der Waals surface area (Å²) >= 11 is 11.3. The van der Waals surface area contributed by atoms with Gasteiger partial charge in [0.25, 0.3) is 0 Å². The number of nitrogens with zero attached hydrogens (tertiary/aromatic N) is 3. The summed E-state index contributed by atoms with van der Waals surface area (Å²) in [6, 6.07) is 19.8. The van der Waals surface area contributed by atoms with E-state index in [4.69, 9.17) is 29.6 Å². The number of nitrogens with one attached hydrogen (secondary N) is 1. The fraction of sp³-hybridized carbons (Fsp3) is 0.0500. The zero-order valence-electron chi connectivity index (χ0n) is 14.3. The Morgan fingerprint density at radius 2 is 1.93 bits per heavy atom. The van der Waals surface area contributed by atoms with Crippen molar-refractivity contribution in [1.29, 1.82) is 0 Å². The lowest BCUT2D eigenvalue weighted by Crippen LogP contribution is -2.19. The molecule has 0 saturated heterocycles. The molecule has 0 fully saturated rings. The van der Waals surface area contributed by atoms with Crippen molar-refractivity contribution >= 4 is 45.7 Å². The Balaban J connectivity index is 1.84. The summed E-state index contributed by atoms with van der Waals surface area (Å²) in [6.45, 7) is 0.639. The second-order valence-corrected chi connectivity index (χ2v) is 6.89. The number of halogens is 1. The molecule has 0 saturated carbocycles. The topological polar surface area (TPSA) is 68.8 Å². The maximum absolute atomic E-state index is 6.31. The smallest absolute Gasteiger partial charge is 0.169 e. The Hall–Kier alpha value is -2.96. The molecule has 0 aliphatic heterocycles. The van der Waals surface area contributed by atoms with Crippen LogP contribution in [-0.2, 0) is 6.54 Å². The predicted molar refractivity (Wildman–Crippen MR) is 114 cm³/mol. The lowest BCUT2D eigenvalue weighted by Gasteiger charge is -2.06. The molecule has 7 heteroatoms. The van der Waals surface area contributed by atoms with Gasteiger partial charge < -0.3 is 11.1 Å². The molecular formula is C20H16ClN5S. The van der Waals surface area contributed by atoms with Crippen molar-refractivity contribution in [1.82, 2.24) is 14.8 Å². The zero-order valence-corrected chi connectivity index (χ0v) is 15.8. The third kappa shape index (κ3) is 3.63. The summed E-state index contributed by atoms with van der Waals surface area (Å²) in [5.41, 5.74) is 9.43. The van der Waals surface area contributed by atoms with Gasteiger partial charge in [-0.25, -0.2) is 0 Å². The molecule has 3 N–H and O–H groups in total. The number of rotatable bonds is 4. The van der Waals surface area contributed by atoms with Gasteiger partial charge in [0.15, 0.2) is 10.9 Å². The average molecular weight is 394 g/mol. The Kier molecular flexibility index (Phi) is 4.75. The monoisotopic (exact) mass is 393 g/mol. The van der Waals surface area contributed by atoms with Crippen LogP contribution in [0.15, 0.2) is 66.9 Å². The van der Waals surface area contributed by atoms with Gasteiger partial charge in [0.2, 0.25) is 0 Å². The van der Waals surface area contributed by atoms with Crippen LogP contribution >= 0.6 is 23.8 Å². The molecule has 4 aromatic rings. The lowest BCUT2D eigenvalue weighted by molar-refractivity contribution is 0.716. The fourth-order valence-electron chi connectivity index (χ4n) is 3.01. The number of fused-ring (bicyclic) bond motifs is 1. The van der Waals surface area contributed by atoms with Crippen molar-refractivity contribution in [3.05, 3.63) is 77.4 Å². The number of aromatic nitrogens is 3. The molecule has 0 unspecified atom stereocenters. The maximum atomic E-state index is 6.31. The first-order valence-electron chi connectivity index (χ1n) is 8.33. The quantitative estimate of drug-likeness (QED) is 0.501. The Labute approximate surface area is 166 Å². The van der Waals surface area contributed by atoms with Crippen molar-refractivity contribution in [2.45, 2.75) is 6.54 Å². The Bertz CT molecular complexity index is 1120. The first-order chi connectivity index (χ1) is 13.1.